The van der Waals surface area contributed by atoms with Crippen molar-refractivity contribution in [1.29, 1.82) is 0 Å². The second kappa shape index (κ2) is 8.84. The Bertz CT molecular complexity index is 1550. The van der Waals surface area contributed by atoms with Gasteiger partial charge < -0.3 is 19.1 Å². The highest BCUT2D eigenvalue weighted by Gasteiger charge is 2.23. The number of morpholine rings is 1. The summed E-state index contributed by atoms with van der Waals surface area (Å²) in [6.45, 7) is 2.95. The summed E-state index contributed by atoms with van der Waals surface area (Å²) in [4.78, 5) is 19.6. The van der Waals surface area contributed by atoms with E-state index in [9.17, 15) is 5.11 Å². The molecule has 0 aliphatic carbocycles. The van der Waals surface area contributed by atoms with E-state index in [0.717, 1.165) is 18.8 Å². The van der Waals surface area contributed by atoms with Crippen molar-refractivity contribution in [1.82, 2.24) is 24.3 Å². The lowest BCUT2D eigenvalue weighted by Gasteiger charge is -2.29. The third-order valence-electron chi connectivity index (χ3n) is 6.23. The molecule has 1 fully saturated rings. The number of benzene rings is 2. The van der Waals surface area contributed by atoms with E-state index in [-0.39, 0.29) is 10.6 Å². The number of hydrogen-bond donors (Lipinski definition) is 1. The van der Waals surface area contributed by atoms with Crippen LogP contribution in [0.1, 0.15) is 17.4 Å². The van der Waals surface area contributed by atoms with E-state index >= 15 is 4.39 Å². The number of imidazole rings is 1. The molecule has 5 aromatic rings. The molecule has 10 heteroatoms. The maximum absolute atomic E-state index is 15.2. The summed E-state index contributed by atoms with van der Waals surface area (Å²) in [5, 5.41) is 12.0. The standard InChI is InChI=1S/C25H20ClFN6O2/c26-19-13-20(27)18(12-17(19)24(34)23-25-29-4-6-33(25)5-3-28-23)22-16-2-1-15(11-21(16)30-14-31-22)32-7-9-35-10-8-32/h1-6,11-14,24,34H,7-10H2/t24-/m0/s1. The fourth-order valence-electron chi connectivity index (χ4n) is 4.45. The van der Waals surface area contributed by atoms with Gasteiger partial charge in [0.2, 0.25) is 0 Å². The average molecular weight is 491 g/mol. The number of aromatic nitrogens is 5. The highest BCUT2D eigenvalue weighted by atomic mass is 35.5. The van der Waals surface area contributed by atoms with Gasteiger partial charge in [0.1, 0.15) is 23.9 Å². The van der Waals surface area contributed by atoms with Crippen LogP contribution >= 0.6 is 11.6 Å². The van der Waals surface area contributed by atoms with Crippen LogP contribution in [0.5, 0.6) is 0 Å². The van der Waals surface area contributed by atoms with Crippen LogP contribution in [-0.2, 0) is 4.74 Å². The Morgan fingerprint density at radius 1 is 1.00 bits per heavy atom. The highest BCUT2D eigenvalue weighted by molar-refractivity contribution is 6.31. The van der Waals surface area contributed by atoms with Gasteiger partial charge in [-0.25, -0.2) is 19.3 Å². The molecule has 0 saturated carbocycles. The highest BCUT2D eigenvalue weighted by Crippen LogP contribution is 2.36. The van der Waals surface area contributed by atoms with Crippen molar-refractivity contribution in [3.05, 3.63) is 83.5 Å². The van der Waals surface area contributed by atoms with Crippen molar-refractivity contribution in [2.45, 2.75) is 6.10 Å². The summed E-state index contributed by atoms with van der Waals surface area (Å²) in [6.07, 6.45) is 6.86. The van der Waals surface area contributed by atoms with Gasteiger partial charge in [0.25, 0.3) is 0 Å². The first-order valence-electron chi connectivity index (χ1n) is 11.1. The minimum atomic E-state index is -1.21. The molecule has 2 aromatic carbocycles. The van der Waals surface area contributed by atoms with Crippen LogP contribution < -0.4 is 4.90 Å². The lowest BCUT2D eigenvalue weighted by molar-refractivity contribution is 0.122. The second-order valence-corrected chi connectivity index (χ2v) is 8.66. The summed E-state index contributed by atoms with van der Waals surface area (Å²) >= 11 is 6.38. The molecule has 0 spiro atoms. The SMILES string of the molecule is O[C@@H](c1cc(-c2ncnc3cc(N4CCOCC4)ccc23)c(F)cc1Cl)c1nccn2ccnc12. The Labute approximate surface area is 204 Å². The van der Waals surface area contributed by atoms with Crippen LogP contribution in [-0.4, -0.2) is 55.7 Å². The molecule has 1 atom stereocenters. The van der Waals surface area contributed by atoms with Gasteiger partial charge in [0, 0.05) is 65.1 Å². The predicted molar refractivity (Wildman–Crippen MR) is 130 cm³/mol. The Morgan fingerprint density at radius 3 is 2.63 bits per heavy atom. The Hall–Kier alpha value is -3.66. The number of halogens is 2. The molecule has 1 saturated heterocycles. The fraction of sp³-hybridized carbons (Fsp3) is 0.200. The number of rotatable bonds is 4. The van der Waals surface area contributed by atoms with E-state index in [1.807, 2.05) is 18.2 Å². The van der Waals surface area contributed by atoms with Crippen LogP contribution in [0.25, 0.3) is 27.8 Å². The Morgan fingerprint density at radius 2 is 1.80 bits per heavy atom. The zero-order chi connectivity index (χ0) is 23.9. The normalized spacial score (nSPS) is 15.1. The minimum Gasteiger partial charge on any atom is -0.382 e. The van der Waals surface area contributed by atoms with E-state index in [1.54, 1.807) is 29.2 Å². The van der Waals surface area contributed by atoms with Gasteiger partial charge in [-0.2, -0.15) is 0 Å². The van der Waals surface area contributed by atoms with Crippen molar-refractivity contribution in [3.8, 4) is 11.3 Å². The molecular formula is C25H20ClFN6O2. The van der Waals surface area contributed by atoms with Gasteiger partial charge in [0.15, 0.2) is 5.65 Å². The van der Waals surface area contributed by atoms with E-state index in [2.05, 4.69) is 24.8 Å². The summed E-state index contributed by atoms with van der Waals surface area (Å²) in [7, 11) is 0. The summed E-state index contributed by atoms with van der Waals surface area (Å²) in [5.74, 6) is -0.546. The molecule has 1 aliphatic rings. The molecule has 176 valence electrons. The predicted octanol–water partition coefficient (Wildman–Crippen LogP) is 4.05. The molecule has 6 rings (SSSR count). The van der Waals surface area contributed by atoms with Gasteiger partial charge >= 0.3 is 0 Å². The first kappa shape index (κ1) is 21.8. The lowest BCUT2D eigenvalue weighted by Crippen LogP contribution is -2.36. The topological polar surface area (TPSA) is 88.7 Å². The van der Waals surface area contributed by atoms with Crippen molar-refractivity contribution in [3.63, 3.8) is 0 Å². The summed E-state index contributed by atoms with van der Waals surface area (Å²) in [6, 6.07) is 8.56. The van der Waals surface area contributed by atoms with Gasteiger partial charge in [-0.3, -0.25) is 4.98 Å². The maximum Gasteiger partial charge on any atom is 0.161 e. The van der Waals surface area contributed by atoms with Crippen molar-refractivity contribution in [2.24, 2.45) is 0 Å². The first-order valence-corrected chi connectivity index (χ1v) is 11.5. The smallest absolute Gasteiger partial charge is 0.161 e. The molecule has 0 amide bonds. The number of ether oxygens (including phenoxy) is 1. The molecule has 1 N–H and O–H groups in total. The van der Waals surface area contributed by atoms with Crippen molar-refractivity contribution >= 4 is 33.8 Å². The molecule has 0 radical (unpaired) electrons. The number of fused-ring (bicyclic) bond motifs is 2. The van der Waals surface area contributed by atoms with E-state index in [0.29, 0.717) is 46.7 Å². The third kappa shape index (κ3) is 3.87. The quantitative estimate of drug-likeness (QED) is 0.406. The second-order valence-electron chi connectivity index (χ2n) is 8.25. The number of hydrogen-bond acceptors (Lipinski definition) is 7. The van der Waals surface area contributed by atoms with E-state index < -0.39 is 11.9 Å². The largest absolute Gasteiger partial charge is 0.382 e. The Balaban J connectivity index is 1.45. The average Bonchev–Trinajstić information content (AvgIpc) is 3.38. The first-order chi connectivity index (χ1) is 17.1. The van der Waals surface area contributed by atoms with Crippen molar-refractivity contribution in [2.75, 3.05) is 31.2 Å². The molecule has 0 unspecified atom stereocenters. The molecule has 3 aromatic heterocycles. The summed E-state index contributed by atoms with van der Waals surface area (Å²) in [5.41, 5.74) is 3.47. The van der Waals surface area contributed by atoms with Gasteiger partial charge in [-0.15, -0.1) is 0 Å². The van der Waals surface area contributed by atoms with Gasteiger partial charge in [-0.1, -0.05) is 11.6 Å². The van der Waals surface area contributed by atoms with Crippen LogP contribution in [0.15, 0.2) is 61.4 Å². The molecule has 1 aliphatic heterocycles. The van der Waals surface area contributed by atoms with E-state index in [4.69, 9.17) is 16.3 Å². The number of aliphatic hydroxyl groups excluding tert-OH is 1. The molecule has 35 heavy (non-hydrogen) atoms. The zero-order valence-electron chi connectivity index (χ0n) is 18.5. The zero-order valence-corrected chi connectivity index (χ0v) is 19.2. The molecular weight excluding hydrogens is 471 g/mol. The number of anilines is 1. The molecule has 0 bridgehead atoms. The molecule has 8 nitrogen and oxygen atoms in total. The fourth-order valence-corrected chi connectivity index (χ4v) is 4.70. The van der Waals surface area contributed by atoms with Gasteiger partial charge in [-0.05, 0) is 30.3 Å². The van der Waals surface area contributed by atoms with Gasteiger partial charge in [0.05, 0.1) is 24.4 Å². The molecule has 4 heterocycles. The Kier molecular flexibility index (Phi) is 5.52. The number of aliphatic hydroxyl groups is 1. The van der Waals surface area contributed by atoms with Crippen molar-refractivity contribution < 1.29 is 14.2 Å². The van der Waals surface area contributed by atoms with Crippen LogP contribution in [0, 0.1) is 5.82 Å². The monoisotopic (exact) mass is 490 g/mol. The van der Waals surface area contributed by atoms with Crippen LogP contribution in [0.2, 0.25) is 5.02 Å². The summed E-state index contributed by atoms with van der Waals surface area (Å²) < 4.78 is 22.4. The minimum absolute atomic E-state index is 0.0853. The third-order valence-corrected chi connectivity index (χ3v) is 6.56. The van der Waals surface area contributed by atoms with Crippen LogP contribution in [0.4, 0.5) is 10.1 Å². The maximum atomic E-state index is 15.2. The lowest BCUT2D eigenvalue weighted by atomic mass is 9.99. The number of nitrogens with zero attached hydrogens (tertiary/aromatic N) is 6. The van der Waals surface area contributed by atoms with Crippen LogP contribution in [0.3, 0.4) is 0 Å². The van der Waals surface area contributed by atoms with E-state index in [1.165, 1.54) is 18.5 Å².